The van der Waals surface area contributed by atoms with Gasteiger partial charge in [0.1, 0.15) is 11.8 Å². The van der Waals surface area contributed by atoms with Gasteiger partial charge in [-0.25, -0.2) is 0 Å². The minimum atomic E-state index is -0.661. The Morgan fingerprint density at radius 1 is 0.882 bits per heavy atom. The lowest BCUT2D eigenvalue weighted by atomic mass is 10.0. The average Bonchev–Trinajstić information content (AvgIpc) is 2.86. The summed E-state index contributed by atoms with van der Waals surface area (Å²) in [7, 11) is 1.62. The zero-order valence-corrected chi connectivity index (χ0v) is 20.6. The lowest BCUT2D eigenvalue weighted by Gasteiger charge is -2.33. The van der Waals surface area contributed by atoms with E-state index in [0.29, 0.717) is 24.5 Å². The molecule has 5 nitrogen and oxygen atoms in total. The molecule has 6 heteroatoms. The molecule has 1 N–H and O–H groups in total. The molecule has 0 bridgehead atoms. The predicted molar refractivity (Wildman–Crippen MR) is 136 cm³/mol. The highest BCUT2D eigenvalue weighted by molar-refractivity contribution is 6.30. The topological polar surface area (TPSA) is 58.6 Å². The summed E-state index contributed by atoms with van der Waals surface area (Å²) in [5, 5.41) is 3.66. The van der Waals surface area contributed by atoms with Crippen molar-refractivity contribution in [3.05, 3.63) is 101 Å². The molecule has 0 saturated carbocycles. The minimum absolute atomic E-state index is 0.0736. The van der Waals surface area contributed by atoms with Gasteiger partial charge in [0, 0.05) is 30.5 Å². The fraction of sp³-hybridized carbons (Fsp3) is 0.286. The first kappa shape index (κ1) is 25.3. The Labute approximate surface area is 206 Å². The number of halogens is 1. The van der Waals surface area contributed by atoms with Crippen molar-refractivity contribution >= 4 is 23.4 Å². The molecular formula is C28H31ClN2O3. The van der Waals surface area contributed by atoms with E-state index in [1.807, 2.05) is 80.6 Å². The molecule has 0 aliphatic heterocycles. The molecule has 34 heavy (non-hydrogen) atoms. The van der Waals surface area contributed by atoms with E-state index in [4.69, 9.17) is 16.3 Å². The van der Waals surface area contributed by atoms with Crippen LogP contribution in [-0.4, -0.2) is 29.9 Å². The summed E-state index contributed by atoms with van der Waals surface area (Å²) in [4.78, 5) is 28.5. The molecule has 3 rings (SSSR count). The van der Waals surface area contributed by atoms with Gasteiger partial charge in [0.2, 0.25) is 11.8 Å². The second-order valence-electron chi connectivity index (χ2n) is 8.52. The molecule has 3 aromatic carbocycles. The number of nitrogens with one attached hydrogen (secondary N) is 1. The monoisotopic (exact) mass is 478 g/mol. The van der Waals surface area contributed by atoms with Gasteiger partial charge in [-0.05, 0) is 41.0 Å². The van der Waals surface area contributed by atoms with Crippen LogP contribution in [0.2, 0.25) is 5.02 Å². The van der Waals surface area contributed by atoms with Crippen molar-refractivity contribution in [2.75, 3.05) is 7.11 Å². The van der Waals surface area contributed by atoms with E-state index < -0.39 is 6.04 Å². The van der Waals surface area contributed by atoms with Crippen LogP contribution in [0.1, 0.15) is 30.5 Å². The number of hydrogen-bond donors (Lipinski definition) is 1. The number of hydrogen-bond acceptors (Lipinski definition) is 3. The van der Waals surface area contributed by atoms with E-state index in [1.165, 1.54) is 0 Å². The number of nitrogens with zero attached hydrogens (tertiary/aromatic N) is 1. The smallest absolute Gasteiger partial charge is 0.243 e. The van der Waals surface area contributed by atoms with E-state index in [9.17, 15) is 9.59 Å². The normalized spacial score (nSPS) is 11.7. The van der Waals surface area contributed by atoms with Gasteiger partial charge in [-0.1, -0.05) is 80.0 Å². The summed E-state index contributed by atoms with van der Waals surface area (Å²) >= 11 is 6.05. The molecule has 0 saturated heterocycles. The van der Waals surface area contributed by atoms with Crippen molar-refractivity contribution < 1.29 is 14.3 Å². The van der Waals surface area contributed by atoms with Crippen LogP contribution in [0.25, 0.3) is 0 Å². The van der Waals surface area contributed by atoms with Gasteiger partial charge in [0.15, 0.2) is 0 Å². The maximum absolute atomic E-state index is 13.5. The Bertz CT molecular complexity index is 1070. The summed E-state index contributed by atoms with van der Waals surface area (Å²) in [6.07, 6.45) is 0.418. The van der Waals surface area contributed by atoms with Gasteiger partial charge in [0.05, 0.1) is 7.11 Å². The molecule has 178 valence electrons. The fourth-order valence-electron chi connectivity index (χ4n) is 3.69. The first-order valence-electron chi connectivity index (χ1n) is 11.4. The fourth-order valence-corrected chi connectivity index (χ4v) is 3.82. The Balaban J connectivity index is 1.86. The van der Waals surface area contributed by atoms with Crippen LogP contribution in [0, 0.1) is 5.92 Å². The van der Waals surface area contributed by atoms with Gasteiger partial charge >= 0.3 is 0 Å². The largest absolute Gasteiger partial charge is 0.497 e. The zero-order chi connectivity index (χ0) is 24.5. The maximum atomic E-state index is 13.5. The van der Waals surface area contributed by atoms with Gasteiger partial charge in [-0.2, -0.15) is 0 Å². The third kappa shape index (κ3) is 7.09. The van der Waals surface area contributed by atoms with Crippen molar-refractivity contribution in [2.45, 2.75) is 39.4 Å². The number of rotatable bonds is 10. The van der Waals surface area contributed by atoms with Crippen LogP contribution in [0.3, 0.4) is 0 Å². The van der Waals surface area contributed by atoms with Crippen LogP contribution < -0.4 is 10.1 Å². The first-order valence-corrected chi connectivity index (χ1v) is 11.7. The molecule has 0 aromatic heterocycles. The van der Waals surface area contributed by atoms with E-state index in [2.05, 4.69) is 5.32 Å². The molecule has 2 amide bonds. The number of carbonyl (C=O) groups excluding carboxylic acids is 2. The van der Waals surface area contributed by atoms with Crippen LogP contribution in [0.5, 0.6) is 5.75 Å². The molecule has 0 spiro atoms. The maximum Gasteiger partial charge on any atom is 0.243 e. The quantitative estimate of drug-likeness (QED) is 0.432. The molecule has 3 aromatic rings. The number of methoxy groups -OCH3 is 1. The van der Waals surface area contributed by atoms with E-state index >= 15 is 0 Å². The second-order valence-corrected chi connectivity index (χ2v) is 8.96. The standard InChI is InChI=1S/C28H31ClN2O3/c1-20(2)28(33)31(19-23-9-13-24(29)14-10-23)26(17-21-7-5-4-6-8-21)27(32)30-18-22-11-15-25(34-3)16-12-22/h4-16,20,26H,17-19H2,1-3H3,(H,30,32)/t26-/m0/s1. The second kappa shape index (κ2) is 12.2. The molecule has 0 unspecified atom stereocenters. The van der Waals surface area contributed by atoms with Crippen molar-refractivity contribution in [1.29, 1.82) is 0 Å². The van der Waals surface area contributed by atoms with Crippen LogP contribution in [0.15, 0.2) is 78.9 Å². The highest BCUT2D eigenvalue weighted by Crippen LogP contribution is 2.19. The number of amides is 2. The van der Waals surface area contributed by atoms with Crippen molar-refractivity contribution in [1.82, 2.24) is 10.2 Å². The molecular weight excluding hydrogens is 448 g/mol. The SMILES string of the molecule is COc1ccc(CNC(=O)[C@H](Cc2ccccc2)N(Cc2ccc(Cl)cc2)C(=O)C(C)C)cc1. The van der Waals surface area contributed by atoms with Crippen LogP contribution in [0.4, 0.5) is 0 Å². The van der Waals surface area contributed by atoms with Gasteiger partial charge in [-0.3, -0.25) is 9.59 Å². The summed E-state index contributed by atoms with van der Waals surface area (Å²) in [5.74, 6) is 0.242. The lowest BCUT2D eigenvalue weighted by Crippen LogP contribution is -2.51. The minimum Gasteiger partial charge on any atom is -0.497 e. The van der Waals surface area contributed by atoms with E-state index in [0.717, 1.165) is 22.4 Å². The van der Waals surface area contributed by atoms with Crippen LogP contribution >= 0.6 is 11.6 Å². The summed E-state index contributed by atoms with van der Waals surface area (Å²) in [5.41, 5.74) is 2.86. The van der Waals surface area contributed by atoms with Gasteiger partial charge in [0.25, 0.3) is 0 Å². The van der Waals surface area contributed by atoms with Crippen molar-refractivity contribution in [3.8, 4) is 5.75 Å². The number of carbonyl (C=O) groups is 2. The highest BCUT2D eigenvalue weighted by Gasteiger charge is 2.31. The van der Waals surface area contributed by atoms with E-state index in [1.54, 1.807) is 24.1 Å². The number of ether oxygens (including phenoxy) is 1. The third-order valence-electron chi connectivity index (χ3n) is 5.62. The average molecular weight is 479 g/mol. The van der Waals surface area contributed by atoms with Gasteiger partial charge < -0.3 is 15.0 Å². The number of benzene rings is 3. The molecule has 0 aliphatic rings. The Kier molecular flexibility index (Phi) is 9.11. The third-order valence-corrected chi connectivity index (χ3v) is 5.87. The highest BCUT2D eigenvalue weighted by atomic mass is 35.5. The lowest BCUT2D eigenvalue weighted by molar-refractivity contribution is -0.143. The van der Waals surface area contributed by atoms with Crippen molar-refractivity contribution in [3.63, 3.8) is 0 Å². The Morgan fingerprint density at radius 3 is 2.09 bits per heavy atom. The molecule has 0 fully saturated rings. The summed E-state index contributed by atoms with van der Waals surface area (Å²) in [6, 6.07) is 24.0. The molecule has 0 radical (unpaired) electrons. The predicted octanol–water partition coefficient (Wildman–Crippen LogP) is 5.26. The zero-order valence-electron chi connectivity index (χ0n) is 19.8. The molecule has 1 atom stereocenters. The van der Waals surface area contributed by atoms with Gasteiger partial charge in [-0.15, -0.1) is 0 Å². The Morgan fingerprint density at radius 2 is 1.50 bits per heavy atom. The first-order chi connectivity index (χ1) is 16.4. The summed E-state index contributed by atoms with van der Waals surface area (Å²) < 4.78 is 5.20. The Hall–Kier alpha value is -3.31. The summed E-state index contributed by atoms with van der Waals surface area (Å²) in [6.45, 7) is 4.39. The molecule has 0 heterocycles. The van der Waals surface area contributed by atoms with Crippen LogP contribution in [-0.2, 0) is 29.1 Å². The van der Waals surface area contributed by atoms with E-state index in [-0.39, 0.29) is 17.7 Å². The molecule has 0 aliphatic carbocycles. The van der Waals surface area contributed by atoms with Crippen molar-refractivity contribution in [2.24, 2.45) is 5.92 Å².